The molecule has 0 saturated carbocycles. The third kappa shape index (κ3) is 3.57. The van der Waals surface area contributed by atoms with Crippen molar-refractivity contribution in [2.24, 2.45) is 0 Å². The van der Waals surface area contributed by atoms with Crippen LogP contribution in [-0.2, 0) is 10.5 Å². The van der Waals surface area contributed by atoms with Gasteiger partial charge in [-0.15, -0.1) is 11.8 Å². The zero-order valence-corrected chi connectivity index (χ0v) is 13.6. The van der Waals surface area contributed by atoms with Gasteiger partial charge in [0.05, 0.1) is 18.0 Å². The number of amides is 1. The Labute approximate surface area is 139 Å². The minimum absolute atomic E-state index is 0.120. The molecule has 22 heavy (non-hydrogen) atoms. The first-order valence-corrected chi connectivity index (χ1v) is 8.62. The van der Waals surface area contributed by atoms with E-state index in [4.69, 9.17) is 16.3 Å². The number of benzene rings is 2. The van der Waals surface area contributed by atoms with Crippen LogP contribution < -0.4 is 9.64 Å². The highest BCUT2D eigenvalue weighted by Crippen LogP contribution is 2.31. The molecule has 0 unspecified atom stereocenters. The van der Waals surface area contributed by atoms with Crippen molar-refractivity contribution in [1.82, 2.24) is 0 Å². The predicted octanol–water partition coefficient (Wildman–Crippen LogP) is 4.00. The number of halogens is 1. The molecule has 2 aromatic carbocycles. The van der Waals surface area contributed by atoms with Gasteiger partial charge in [0.15, 0.2) is 0 Å². The smallest absolute Gasteiger partial charge is 0.237 e. The summed E-state index contributed by atoms with van der Waals surface area (Å²) in [5.41, 5.74) is 2.04. The van der Waals surface area contributed by atoms with Crippen molar-refractivity contribution in [2.75, 3.05) is 23.8 Å². The number of ether oxygens (including phenoxy) is 1. The maximum Gasteiger partial charge on any atom is 0.237 e. The third-order valence-electron chi connectivity index (χ3n) is 3.44. The minimum Gasteiger partial charge on any atom is -0.490 e. The summed E-state index contributed by atoms with van der Waals surface area (Å²) in [6.45, 7) is 1.15. The van der Waals surface area contributed by atoms with Gasteiger partial charge in [-0.1, -0.05) is 35.9 Å². The largest absolute Gasteiger partial charge is 0.490 e. The molecule has 114 valence electrons. The number of carbonyl (C=O) groups excluding carboxylic acids is 1. The lowest BCUT2D eigenvalue weighted by Crippen LogP contribution is -2.39. The molecule has 0 saturated heterocycles. The normalized spacial score (nSPS) is 13.4. The summed E-state index contributed by atoms with van der Waals surface area (Å²) in [4.78, 5) is 14.2. The van der Waals surface area contributed by atoms with E-state index >= 15 is 0 Å². The average molecular weight is 334 g/mol. The first kappa shape index (κ1) is 15.3. The van der Waals surface area contributed by atoms with Gasteiger partial charge < -0.3 is 9.64 Å². The van der Waals surface area contributed by atoms with E-state index in [0.29, 0.717) is 18.9 Å². The Hall–Kier alpha value is -1.65. The Morgan fingerprint density at radius 3 is 2.77 bits per heavy atom. The van der Waals surface area contributed by atoms with Gasteiger partial charge in [0.25, 0.3) is 0 Å². The lowest BCUT2D eigenvalue weighted by atomic mass is 10.2. The van der Waals surface area contributed by atoms with Crippen LogP contribution in [-0.4, -0.2) is 24.8 Å². The predicted molar refractivity (Wildman–Crippen MR) is 91.9 cm³/mol. The molecule has 2 aromatic rings. The summed E-state index contributed by atoms with van der Waals surface area (Å²) in [7, 11) is 0. The number of thioether (sulfide) groups is 1. The minimum atomic E-state index is 0.120. The number of rotatable bonds is 4. The van der Waals surface area contributed by atoms with E-state index in [2.05, 4.69) is 0 Å². The zero-order valence-electron chi connectivity index (χ0n) is 12.0. The number of hydrogen-bond donors (Lipinski definition) is 0. The van der Waals surface area contributed by atoms with Crippen molar-refractivity contribution in [3.63, 3.8) is 0 Å². The van der Waals surface area contributed by atoms with Crippen LogP contribution >= 0.6 is 23.4 Å². The van der Waals surface area contributed by atoms with Crippen LogP contribution in [0.2, 0.25) is 5.02 Å². The summed E-state index contributed by atoms with van der Waals surface area (Å²) in [5, 5.41) is 0.731. The van der Waals surface area contributed by atoms with Crippen LogP contribution in [0.3, 0.4) is 0 Å². The molecule has 0 aliphatic carbocycles. The molecule has 1 aliphatic heterocycles. The molecule has 5 heteroatoms. The topological polar surface area (TPSA) is 29.5 Å². The average Bonchev–Trinajstić information content (AvgIpc) is 2.56. The molecule has 1 aliphatic rings. The quantitative estimate of drug-likeness (QED) is 0.847. The van der Waals surface area contributed by atoms with Gasteiger partial charge in [-0.25, -0.2) is 0 Å². The Bertz CT molecular complexity index is 660. The summed E-state index contributed by atoms with van der Waals surface area (Å²) in [6.07, 6.45) is 0. The molecule has 3 nitrogen and oxygen atoms in total. The van der Waals surface area contributed by atoms with Gasteiger partial charge in [-0.3, -0.25) is 4.79 Å². The molecule has 1 amide bonds. The fraction of sp³-hybridized carbons (Fsp3) is 0.235. The third-order valence-corrected chi connectivity index (χ3v) is 4.68. The molecular formula is C17H16ClNO2S. The summed E-state index contributed by atoms with van der Waals surface area (Å²) in [6, 6.07) is 15.4. The monoisotopic (exact) mass is 333 g/mol. The van der Waals surface area contributed by atoms with Crippen molar-refractivity contribution >= 4 is 35.0 Å². The zero-order chi connectivity index (χ0) is 15.4. The highest BCUT2D eigenvalue weighted by atomic mass is 35.5. The molecule has 0 aromatic heterocycles. The molecule has 0 N–H and O–H groups in total. The van der Waals surface area contributed by atoms with Gasteiger partial charge in [-0.2, -0.15) is 0 Å². The van der Waals surface area contributed by atoms with Crippen molar-refractivity contribution in [1.29, 1.82) is 0 Å². The molecule has 0 fully saturated rings. The van der Waals surface area contributed by atoms with Crippen LogP contribution in [0.25, 0.3) is 0 Å². The second kappa shape index (κ2) is 7.07. The van der Waals surface area contributed by atoms with Crippen LogP contribution in [0.5, 0.6) is 5.75 Å². The highest BCUT2D eigenvalue weighted by molar-refractivity contribution is 7.99. The first-order chi connectivity index (χ1) is 10.7. The number of fused-ring (bicyclic) bond motifs is 1. The Morgan fingerprint density at radius 2 is 1.95 bits per heavy atom. The summed E-state index contributed by atoms with van der Waals surface area (Å²) >= 11 is 7.48. The van der Waals surface area contributed by atoms with Gasteiger partial charge >= 0.3 is 0 Å². The van der Waals surface area contributed by atoms with Gasteiger partial charge in [0.1, 0.15) is 12.4 Å². The van der Waals surface area contributed by atoms with Gasteiger partial charge in [0, 0.05) is 10.8 Å². The van der Waals surface area contributed by atoms with E-state index in [1.807, 2.05) is 53.4 Å². The first-order valence-electron chi connectivity index (χ1n) is 7.08. The maximum atomic E-state index is 12.4. The van der Waals surface area contributed by atoms with Crippen LogP contribution in [0, 0.1) is 0 Å². The number of hydrogen-bond acceptors (Lipinski definition) is 3. The fourth-order valence-electron chi connectivity index (χ4n) is 2.34. The summed E-state index contributed by atoms with van der Waals surface area (Å²) in [5.74, 6) is 2.16. The van der Waals surface area contributed by atoms with E-state index in [1.165, 1.54) is 5.56 Å². The fourth-order valence-corrected chi connectivity index (χ4v) is 3.33. The van der Waals surface area contributed by atoms with Crippen molar-refractivity contribution in [2.45, 2.75) is 5.75 Å². The number of para-hydroxylation sites is 2. The molecule has 0 radical (unpaired) electrons. The molecule has 3 rings (SSSR count). The number of carbonyl (C=O) groups is 1. The molecule has 0 spiro atoms. The van der Waals surface area contributed by atoms with E-state index in [9.17, 15) is 4.79 Å². The highest BCUT2D eigenvalue weighted by Gasteiger charge is 2.22. The molecule has 1 heterocycles. The molecular weight excluding hydrogens is 318 g/mol. The van der Waals surface area contributed by atoms with Crippen molar-refractivity contribution in [3.8, 4) is 5.75 Å². The van der Waals surface area contributed by atoms with Gasteiger partial charge in [0.2, 0.25) is 5.91 Å². The van der Waals surface area contributed by atoms with E-state index < -0.39 is 0 Å². The Morgan fingerprint density at radius 1 is 1.18 bits per heavy atom. The van der Waals surface area contributed by atoms with Crippen molar-refractivity contribution in [3.05, 3.63) is 59.1 Å². The maximum absolute atomic E-state index is 12.4. The Kier molecular flexibility index (Phi) is 4.90. The second-order valence-corrected chi connectivity index (χ2v) is 6.40. The molecule has 0 bridgehead atoms. The summed E-state index contributed by atoms with van der Waals surface area (Å²) < 4.78 is 5.58. The standard InChI is InChI=1S/C17H16ClNO2S/c18-14-7-5-13(6-8-14)11-22-12-17(20)19-9-10-21-16-4-2-1-3-15(16)19/h1-8H,9-12H2. The Balaban J connectivity index is 1.58. The van der Waals surface area contributed by atoms with Crippen molar-refractivity contribution < 1.29 is 9.53 Å². The number of anilines is 1. The SMILES string of the molecule is O=C(CSCc1ccc(Cl)cc1)N1CCOc2ccccc21. The van der Waals surface area contributed by atoms with Gasteiger partial charge in [-0.05, 0) is 29.8 Å². The second-order valence-electron chi connectivity index (χ2n) is 4.98. The molecule has 0 atom stereocenters. The number of nitrogens with zero attached hydrogens (tertiary/aromatic N) is 1. The van der Waals surface area contributed by atoms with E-state index in [1.54, 1.807) is 11.8 Å². The van der Waals surface area contributed by atoms with Crippen LogP contribution in [0.4, 0.5) is 5.69 Å². The van der Waals surface area contributed by atoms with E-state index in [0.717, 1.165) is 22.2 Å². The van der Waals surface area contributed by atoms with Crippen LogP contribution in [0.1, 0.15) is 5.56 Å². The van der Waals surface area contributed by atoms with Crippen LogP contribution in [0.15, 0.2) is 48.5 Å². The van der Waals surface area contributed by atoms with E-state index in [-0.39, 0.29) is 5.91 Å². The lowest BCUT2D eigenvalue weighted by Gasteiger charge is -2.29. The lowest BCUT2D eigenvalue weighted by molar-refractivity contribution is -0.116.